The summed E-state index contributed by atoms with van der Waals surface area (Å²) in [5.74, 6) is -0.0386. The fourth-order valence-corrected chi connectivity index (χ4v) is 2.53. The molecule has 0 unspecified atom stereocenters. The third-order valence-corrected chi connectivity index (χ3v) is 3.71. The average Bonchev–Trinajstić information content (AvgIpc) is 2.97. The Balaban J connectivity index is 0.00000176. The monoisotopic (exact) mass is 321 g/mol. The molecule has 0 saturated carbocycles. The van der Waals surface area contributed by atoms with Crippen LogP contribution in [0, 0.1) is 0 Å². The number of aromatic nitrogens is 3. The summed E-state index contributed by atoms with van der Waals surface area (Å²) in [4.78, 5) is 14.3. The zero-order valence-corrected chi connectivity index (χ0v) is 13.3. The number of nitrogens with one attached hydrogen (secondary N) is 1. The second-order valence-corrected chi connectivity index (χ2v) is 5.34. The van der Waals surface area contributed by atoms with Gasteiger partial charge in [-0.3, -0.25) is 4.79 Å². The molecule has 0 radical (unpaired) electrons. The molecule has 0 aliphatic carbocycles. The predicted octanol–water partition coefficient (Wildman–Crippen LogP) is 1.18. The molecule has 1 fully saturated rings. The molecule has 1 amide bonds. The number of benzene rings is 1. The van der Waals surface area contributed by atoms with Crippen LogP contribution < -0.4 is 5.32 Å². The van der Waals surface area contributed by atoms with Crippen LogP contribution in [0.2, 0.25) is 0 Å². The maximum absolute atomic E-state index is 12.5. The maximum Gasteiger partial charge on any atom is 0.276 e. The zero-order valence-electron chi connectivity index (χ0n) is 12.5. The highest BCUT2D eigenvalue weighted by atomic mass is 35.5. The minimum absolute atomic E-state index is 0. The van der Waals surface area contributed by atoms with Crippen LogP contribution in [0.15, 0.2) is 36.5 Å². The van der Waals surface area contributed by atoms with Gasteiger partial charge in [0.2, 0.25) is 0 Å². The molecule has 22 heavy (non-hydrogen) atoms. The van der Waals surface area contributed by atoms with E-state index in [2.05, 4.69) is 15.6 Å². The molecule has 1 aromatic heterocycles. The van der Waals surface area contributed by atoms with Crippen molar-refractivity contribution in [1.29, 1.82) is 0 Å². The van der Waals surface area contributed by atoms with Crippen molar-refractivity contribution in [2.24, 2.45) is 0 Å². The van der Waals surface area contributed by atoms with E-state index in [1.807, 2.05) is 42.2 Å². The molecule has 2 aromatic rings. The number of piperazine rings is 1. The van der Waals surface area contributed by atoms with E-state index in [0.29, 0.717) is 18.8 Å². The number of rotatable bonds is 3. The first kappa shape index (κ1) is 16.5. The zero-order chi connectivity index (χ0) is 14.7. The van der Waals surface area contributed by atoms with Gasteiger partial charge in [0, 0.05) is 25.7 Å². The Morgan fingerprint density at radius 1 is 1.36 bits per heavy atom. The van der Waals surface area contributed by atoms with Gasteiger partial charge in [0.25, 0.3) is 5.91 Å². The Hall–Kier alpha value is -1.92. The van der Waals surface area contributed by atoms with Crippen LogP contribution in [0.5, 0.6) is 0 Å². The molecule has 3 rings (SSSR count). The van der Waals surface area contributed by atoms with Crippen molar-refractivity contribution < 1.29 is 4.79 Å². The Morgan fingerprint density at radius 3 is 2.86 bits per heavy atom. The van der Waals surface area contributed by atoms with Crippen LogP contribution in [-0.2, 0) is 6.54 Å². The lowest BCUT2D eigenvalue weighted by molar-refractivity contribution is 0.0649. The maximum atomic E-state index is 12.5. The Morgan fingerprint density at radius 2 is 2.14 bits per heavy atom. The first-order valence-corrected chi connectivity index (χ1v) is 7.20. The number of hydrogen-bond acceptors (Lipinski definition) is 4. The number of nitrogens with zero attached hydrogens (tertiary/aromatic N) is 4. The third-order valence-electron chi connectivity index (χ3n) is 3.71. The van der Waals surface area contributed by atoms with Gasteiger partial charge in [0.05, 0.1) is 12.7 Å². The van der Waals surface area contributed by atoms with E-state index < -0.39 is 0 Å². The first-order chi connectivity index (χ1) is 10.2. The molecular formula is C15H20ClN5O. The molecule has 7 heteroatoms. The number of hydrogen-bond donors (Lipinski definition) is 1. The van der Waals surface area contributed by atoms with Gasteiger partial charge >= 0.3 is 0 Å². The summed E-state index contributed by atoms with van der Waals surface area (Å²) in [6.45, 7) is 5.03. The van der Waals surface area contributed by atoms with Crippen molar-refractivity contribution in [3.05, 3.63) is 47.8 Å². The number of amides is 1. The molecule has 6 nitrogen and oxygen atoms in total. The number of carbonyl (C=O) groups excluding carboxylic acids is 1. The van der Waals surface area contributed by atoms with Gasteiger partial charge in [0.1, 0.15) is 0 Å². The molecule has 1 aliphatic rings. The lowest BCUT2D eigenvalue weighted by atomic mass is 10.2. The molecule has 1 aliphatic heterocycles. The normalized spacial score (nSPS) is 17.9. The number of halogens is 1. The highest BCUT2D eigenvalue weighted by Gasteiger charge is 2.25. The molecule has 1 saturated heterocycles. The minimum Gasteiger partial charge on any atom is -0.332 e. The Bertz CT molecular complexity index is 615. The van der Waals surface area contributed by atoms with Gasteiger partial charge < -0.3 is 10.2 Å². The van der Waals surface area contributed by atoms with Crippen molar-refractivity contribution in [2.45, 2.75) is 19.5 Å². The van der Waals surface area contributed by atoms with Crippen LogP contribution in [0.3, 0.4) is 0 Å². The molecule has 2 heterocycles. The standard InChI is InChI=1S/C15H19N5O.ClH/c1-12-9-16-7-8-20(12)15(21)14-11-19(18-17-14)10-13-5-3-2-4-6-13;/h2-6,11-12,16H,7-10H2,1H3;1H/t12-;/m1./s1. The second kappa shape index (κ2) is 7.38. The minimum atomic E-state index is -0.0386. The summed E-state index contributed by atoms with van der Waals surface area (Å²) in [5, 5.41) is 11.4. The lowest BCUT2D eigenvalue weighted by Gasteiger charge is -2.33. The molecule has 0 spiro atoms. The topological polar surface area (TPSA) is 63.1 Å². The van der Waals surface area contributed by atoms with E-state index in [1.54, 1.807) is 10.9 Å². The van der Waals surface area contributed by atoms with Crippen molar-refractivity contribution >= 4 is 18.3 Å². The van der Waals surface area contributed by atoms with Crippen LogP contribution in [0.1, 0.15) is 23.0 Å². The van der Waals surface area contributed by atoms with Gasteiger partial charge in [0.15, 0.2) is 5.69 Å². The van der Waals surface area contributed by atoms with E-state index in [4.69, 9.17) is 0 Å². The van der Waals surface area contributed by atoms with Gasteiger partial charge in [-0.1, -0.05) is 35.5 Å². The highest BCUT2D eigenvalue weighted by Crippen LogP contribution is 2.09. The lowest BCUT2D eigenvalue weighted by Crippen LogP contribution is -2.52. The smallest absolute Gasteiger partial charge is 0.276 e. The highest BCUT2D eigenvalue weighted by molar-refractivity contribution is 5.92. The summed E-state index contributed by atoms with van der Waals surface area (Å²) >= 11 is 0. The molecule has 1 atom stereocenters. The van der Waals surface area contributed by atoms with Crippen LogP contribution in [0.25, 0.3) is 0 Å². The summed E-state index contributed by atoms with van der Waals surface area (Å²) < 4.78 is 1.70. The van der Waals surface area contributed by atoms with Gasteiger partial charge in [-0.15, -0.1) is 17.5 Å². The van der Waals surface area contributed by atoms with Crippen molar-refractivity contribution in [3.63, 3.8) is 0 Å². The molecule has 0 bridgehead atoms. The largest absolute Gasteiger partial charge is 0.332 e. The van der Waals surface area contributed by atoms with Crippen molar-refractivity contribution in [2.75, 3.05) is 19.6 Å². The Labute approximate surface area is 135 Å². The summed E-state index contributed by atoms with van der Waals surface area (Å²) in [6, 6.07) is 10.2. The predicted molar refractivity (Wildman–Crippen MR) is 86.2 cm³/mol. The van der Waals surface area contributed by atoms with E-state index in [-0.39, 0.29) is 24.4 Å². The van der Waals surface area contributed by atoms with Crippen molar-refractivity contribution in [1.82, 2.24) is 25.2 Å². The fraction of sp³-hybridized carbons (Fsp3) is 0.400. The SMILES string of the molecule is C[C@@H]1CNCCN1C(=O)c1cn(Cc2ccccc2)nn1.Cl. The van der Waals surface area contributed by atoms with E-state index in [1.165, 1.54) is 0 Å². The average molecular weight is 322 g/mol. The van der Waals surface area contributed by atoms with E-state index in [9.17, 15) is 4.79 Å². The van der Waals surface area contributed by atoms with Crippen LogP contribution in [-0.4, -0.2) is 51.5 Å². The summed E-state index contributed by atoms with van der Waals surface area (Å²) in [6.07, 6.45) is 1.73. The van der Waals surface area contributed by atoms with E-state index in [0.717, 1.165) is 18.7 Å². The van der Waals surface area contributed by atoms with Crippen molar-refractivity contribution in [3.8, 4) is 0 Å². The fourth-order valence-electron chi connectivity index (χ4n) is 2.53. The van der Waals surface area contributed by atoms with Gasteiger partial charge in [-0.25, -0.2) is 4.68 Å². The van der Waals surface area contributed by atoms with Gasteiger partial charge in [-0.2, -0.15) is 0 Å². The van der Waals surface area contributed by atoms with Gasteiger partial charge in [-0.05, 0) is 12.5 Å². The Kier molecular flexibility index (Phi) is 5.51. The summed E-state index contributed by atoms with van der Waals surface area (Å²) in [7, 11) is 0. The first-order valence-electron chi connectivity index (χ1n) is 7.20. The molecule has 118 valence electrons. The van der Waals surface area contributed by atoms with Crippen LogP contribution in [0.4, 0.5) is 0 Å². The number of carbonyl (C=O) groups is 1. The molecule has 1 aromatic carbocycles. The van der Waals surface area contributed by atoms with Crippen LogP contribution >= 0.6 is 12.4 Å². The second-order valence-electron chi connectivity index (χ2n) is 5.34. The third kappa shape index (κ3) is 3.64. The molecular weight excluding hydrogens is 302 g/mol. The molecule has 1 N–H and O–H groups in total. The van der Waals surface area contributed by atoms with E-state index >= 15 is 0 Å². The summed E-state index contributed by atoms with van der Waals surface area (Å²) in [5.41, 5.74) is 1.55. The quantitative estimate of drug-likeness (QED) is 0.922.